The van der Waals surface area contributed by atoms with Gasteiger partial charge in [0, 0.05) is 28.8 Å². The SMILES string of the molecule is CC(C)CCN1CCC(OCC(=O)Nc2cc(Cl)cc(Cl)c2)(c2ccc(-c3cccc(C#N)c3)cc2)CC1. The fraction of sp³-hybridized carbons (Fsp3) is 0.355. The Balaban J connectivity index is 1.51. The molecule has 7 heteroatoms. The van der Waals surface area contributed by atoms with Crippen molar-refractivity contribution in [3.05, 3.63) is 87.9 Å². The molecule has 1 aliphatic rings. The lowest BCUT2D eigenvalue weighted by Crippen LogP contribution is -2.45. The van der Waals surface area contributed by atoms with Gasteiger partial charge in [-0.3, -0.25) is 4.79 Å². The third-order valence-corrected chi connectivity index (χ3v) is 7.48. The molecule has 1 heterocycles. The van der Waals surface area contributed by atoms with E-state index < -0.39 is 5.60 Å². The zero-order valence-corrected chi connectivity index (χ0v) is 23.4. The van der Waals surface area contributed by atoms with E-state index >= 15 is 0 Å². The first kappa shape index (κ1) is 28.1. The Kier molecular flexibility index (Phi) is 9.46. The zero-order chi connectivity index (χ0) is 27.1. The topological polar surface area (TPSA) is 65.4 Å². The Morgan fingerprint density at radius 2 is 1.71 bits per heavy atom. The van der Waals surface area contributed by atoms with E-state index in [1.165, 1.54) is 0 Å². The van der Waals surface area contributed by atoms with Crippen molar-refractivity contribution in [3.63, 3.8) is 0 Å². The predicted octanol–water partition coefficient (Wildman–Crippen LogP) is 7.52. The fourth-order valence-electron chi connectivity index (χ4n) is 4.86. The zero-order valence-electron chi connectivity index (χ0n) is 21.8. The molecule has 38 heavy (non-hydrogen) atoms. The van der Waals surface area contributed by atoms with E-state index in [4.69, 9.17) is 27.9 Å². The molecule has 1 fully saturated rings. The molecule has 3 aromatic carbocycles. The van der Waals surface area contributed by atoms with Gasteiger partial charge in [0.1, 0.15) is 6.61 Å². The molecule has 0 aromatic heterocycles. The number of hydrogen-bond acceptors (Lipinski definition) is 4. The molecule has 5 nitrogen and oxygen atoms in total. The molecule has 4 rings (SSSR count). The van der Waals surface area contributed by atoms with Crippen molar-refractivity contribution >= 4 is 34.8 Å². The summed E-state index contributed by atoms with van der Waals surface area (Å²) in [5.41, 5.74) is 3.69. The number of nitriles is 1. The van der Waals surface area contributed by atoms with Gasteiger partial charge in [-0.05, 0) is 78.7 Å². The number of likely N-dealkylation sites (tertiary alicyclic amines) is 1. The number of nitrogens with one attached hydrogen (secondary N) is 1. The number of piperidine rings is 1. The largest absolute Gasteiger partial charge is 0.360 e. The van der Waals surface area contributed by atoms with Gasteiger partial charge in [0.2, 0.25) is 5.91 Å². The number of carbonyl (C=O) groups excluding carboxylic acids is 1. The maximum absolute atomic E-state index is 12.8. The Labute approximate surface area is 235 Å². The second-order valence-corrected chi connectivity index (χ2v) is 11.2. The van der Waals surface area contributed by atoms with Gasteiger partial charge in [0.15, 0.2) is 0 Å². The minimum atomic E-state index is -0.565. The molecular formula is C31H33Cl2N3O2. The number of rotatable bonds is 9. The van der Waals surface area contributed by atoms with E-state index in [1.54, 1.807) is 24.3 Å². The lowest BCUT2D eigenvalue weighted by atomic mass is 9.83. The lowest BCUT2D eigenvalue weighted by Gasteiger charge is -2.42. The first-order valence-electron chi connectivity index (χ1n) is 13.0. The highest BCUT2D eigenvalue weighted by Gasteiger charge is 2.37. The Morgan fingerprint density at radius 3 is 2.34 bits per heavy atom. The molecule has 0 aliphatic carbocycles. The van der Waals surface area contributed by atoms with Gasteiger partial charge in [0.25, 0.3) is 0 Å². The summed E-state index contributed by atoms with van der Waals surface area (Å²) in [5, 5.41) is 13.0. The summed E-state index contributed by atoms with van der Waals surface area (Å²) in [5.74, 6) is 0.406. The average molecular weight is 551 g/mol. The highest BCUT2D eigenvalue weighted by molar-refractivity contribution is 6.35. The summed E-state index contributed by atoms with van der Waals surface area (Å²) >= 11 is 12.2. The number of nitrogens with zero attached hydrogens (tertiary/aromatic N) is 2. The second kappa shape index (κ2) is 12.8. The van der Waals surface area contributed by atoms with Crippen LogP contribution in [0.25, 0.3) is 11.1 Å². The van der Waals surface area contributed by atoms with E-state index in [0.717, 1.165) is 55.6 Å². The van der Waals surface area contributed by atoms with Crippen LogP contribution >= 0.6 is 23.2 Å². The van der Waals surface area contributed by atoms with Crippen LogP contribution in [0.2, 0.25) is 10.0 Å². The van der Waals surface area contributed by atoms with Crippen LogP contribution in [0.1, 0.15) is 44.2 Å². The van der Waals surface area contributed by atoms with Crippen LogP contribution in [-0.4, -0.2) is 37.0 Å². The van der Waals surface area contributed by atoms with Gasteiger partial charge in [0.05, 0.1) is 17.2 Å². The van der Waals surface area contributed by atoms with Gasteiger partial charge in [-0.15, -0.1) is 0 Å². The second-order valence-electron chi connectivity index (χ2n) is 10.3. The van der Waals surface area contributed by atoms with Gasteiger partial charge in [-0.2, -0.15) is 5.26 Å². The standard InChI is InChI=1S/C31H33Cl2N3O2/c1-22(2)10-13-36-14-11-31(12-15-36,38-21-30(37)35-29-18-27(32)17-28(33)19-29)26-8-6-24(7-9-26)25-5-3-4-23(16-25)20-34/h3-9,16-19,22H,10-15,21H2,1-2H3,(H,35,37). The lowest BCUT2D eigenvalue weighted by molar-refractivity contribution is -0.134. The smallest absolute Gasteiger partial charge is 0.250 e. The van der Waals surface area contributed by atoms with Crippen LogP contribution in [-0.2, 0) is 15.1 Å². The number of carbonyl (C=O) groups is 1. The Morgan fingerprint density at radius 1 is 1.03 bits per heavy atom. The molecule has 1 amide bonds. The summed E-state index contributed by atoms with van der Waals surface area (Å²) in [4.78, 5) is 15.3. The number of amides is 1. The van der Waals surface area contributed by atoms with Gasteiger partial charge >= 0.3 is 0 Å². The van der Waals surface area contributed by atoms with E-state index in [9.17, 15) is 10.1 Å². The summed E-state index contributed by atoms with van der Waals surface area (Å²) in [6, 6.07) is 23.0. The predicted molar refractivity (Wildman–Crippen MR) is 154 cm³/mol. The molecule has 198 valence electrons. The van der Waals surface area contributed by atoms with Crippen LogP contribution in [0, 0.1) is 17.2 Å². The van der Waals surface area contributed by atoms with Crippen molar-refractivity contribution < 1.29 is 9.53 Å². The molecule has 0 spiro atoms. The molecule has 0 saturated carbocycles. The fourth-order valence-corrected chi connectivity index (χ4v) is 5.38. The molecule has 0 bridgehead atoms. The number of anilines is 1. The first-order chi connectivity index (χ1) is 18.3. The van der Waals surface area contributed by atoms with Crippen molar-refractivity contribution in [3.8, 4) is 17.2 Å². The molecule has 3 aromatic rings. The van der Waals surface area contributed by atoms with Crippen molar-refractivity contribution in [2.45, 2.75) is 38.7 Å². The monoisotopic (exact) mass is 549 g/mol. The number of halogens is 2. The van der Waals surface area contributed by atoms with Gasteiger partial charge in [-0.1, -0.05) is 73.4 Å². The molecule has 0 unspecified atom stereocenters. The molecule has 0 atom stereocenters. The van der Waals surface area contributed by atoms with Gasteiger partial charge in [-0.25, -0.2) is 0 Å². The minimum absolute atomic E-state index is 0.0813. The van der Waals surface area contributed by atoms with E-state index in [2.05, 4.69) is 54.4 Å². The maximum Gasteiger partial charge on any atom is 0.250 e. The Hall–Kier alpha value is -2.88. The molecule has 1 aliphatic heterocycles. The molecule has 1 N–H and O–H groups in total. The van der Waals surface area contributed by atoms with E-state index in [1.807, 2.05) is 18.2 Å². The Bertz CT molecular complexity index is 1270. The van der Waals surface area contributed by atoms with Crippen LogP contribution < -0.4 is 5.32 Å². The van der Waals surface area contributed by atoms with Crippen LogP contribution in [0.5, 0.6) is 0 Å². The normalized spacial score (nSPS) is 15.3. The quantitative estimate of drug-likeness (QED) is 0.299. The maximum atomic E-state index is 12.8. The summed E-state index contributed by atoms with van der Waals surface area (Å²) in [7, 11) is 0. The van der Waals surface area contributed by atoms with E-state index in [0.29, 0.717) is 27.2 Å². The highest BCUT2D eigenvalue weighted by Crippen LogP contribution is 2.38. The summed E-state index contributed by atoms with van der Waals surface area (Å²) < 4.78 is 6.46. The van der Waals surface area contributed by atoms with Crippen LogP contribution in [0.4, 0.5) is 5.69 Å². The molecule has 1 saturated heterocycles. The minimum Gasteiger partial charge on any atom is -0.360 e. The third kappa shape index (κ3) is 7.36. The highest BCUT2D eigenvalue weighted by atomic mass is 35.5. The number of benzene rings is 3. The first-order valence-corrected chi connectivity index (χ1v) is 13.8. The van der Waals surface area contributed by atoms with Crippen molar-refractivity contribution in [1.82, 2.24) is 4.90 Å². The van der Waals surface area contributed by atoms with E-state index in [-0.39, 0.29) is 12.5 Å². The van der Waals surface area contributed by atoms with Crippen molar-refractivity contribution in [2.24, 2.45) is 5.92 Å². The number of hydrogen-bond donors (Lipinski definition) is 1. The third-order valence-electron chi connectivity index (χ3n) is 7.05. The molecule has 0 radical (unpaired) electrons. The number of ether oxygens (including phenoxy) is 1. The molecular weight excluding hydrogens is 517 g/mol. The van der Waals surface area contributed by atoms with Crippen LogP contribution in [0.3, 0.4) is 0 Å². The van der Waals surface area contributed by atoms with Gasteiger partial charge < -0.3 is 15.0 Å². The summed E-state index contributed by atoms with van der Waals surface area (Å²) in [6.45, 7) is 7.29. The van der Waals surface area contributed by atoms with Crippen molar-refractivity contribution in [2.75, 3.05) is 31.6 Å². The summed E-state index contributed by atoms with van der Waals surface area (Å²) in [6.07, 6.45) is 2.75. The average Bonchev–Trinajstić information content (AvgIpc) is 2.91. The van der Waals surface area contributed by atoms with Crippen LogP contribution in [0.15, 0.2) is 66.7 Å². The van der Waals surface area contributed by atoms with Crippen molar-refractivity contribution in [1.29, 1.82) is 5.26 Å².